The molecule has 8 heteroatoms. The lowest BCUT2D eigenvalue weighted by molar-refractivity contribution is 0.0992. The van der Waals surface area contributed by atoms with E-state index in [0.717, 1.165) is 17.6 Å². The summed E-state index contributed by atoms with van der Waals surface area (Å²) < 4.78 is 24.1. The third-order valence-electron chi connectivity index (χ3n) is 3.58. The average Bonchev–Trinajstić information content (AvgIpc) is 2.76. The van der Waals surface area contributed by atoms with E-state index in [1.165, 1.54) is 0 Å². The molecule has 0 amide bonds. The summed E-state index contributed by atoms with van der Waals surface area (Å²) in [6.07, 6.45) is 2.20. The summed E-state index contributed by atoms with van der Waals surface area (Å²) in [5.74, 6) is -0.148. The molecule has 1 saturated heterocycles. The maximum atomic E-state index is 12.0. The molecule has 1 aromatic heterocycles. The minimum atomic E-state index is -3.52. The van der Waals surface area contributed by atoms with Crippen molar-refractivity contribution in [3.63, 3.8) is 0 Å². The monoisotopic (exact) mass is 332 g/mol. The maximum Gasteiger partial charge on any atom is 0.180 e. The summed E-state index contributed by atoms with van der Waals surface area (Å²) in [5, 5.41) is 10.1. The van der Waals surface area contributed by atoms with Crippen molar-refractivity contribution in [1.82, 2.24) is 0 Å². The van der Waals surface area contributed by atoms with E-state index in [4.69, 9.17) is 5.73 Å². The molecule has 1 fully saturated rings. The number of thiophene rings is 1. The molecular formula is C13H20N2O4S2. The number of nitrogens with zero attached hydrogens (tertiary/aromatic N) is 1. The van der Waals surface area contributed by atoms with Crippen LogP contribution in [0, 0.1) is 0 Å². The molecule has 0 radical (unpaired) electrons. The van der Waals surface area contributed by atoms with E-state index in [9.17, 15) is 18.3 Å². The number of piperidine rings is 1. The van der Waals surface area contributed by atoms with Crippen molar-refractivity contribution >= 4 is 37.6 Å². The van der Waals surface area contributed by atoms with Crippen LogP contribution < -0.4 is 10.6 Å². The topological polar surface area (TPSA) is 101 Å². The highest BCUT2D eigenvalue weighted by Gasteiger charge is 2.30. The lowest BCUT2D eigenvalue weighted by Crippen LogP contribution is -2.35. The first-order valence-electron chi connectivity index (χ1n) is 6.84. The van der Waals surface area contributed by atoms with Crippen LogP contribution in [-0.2, 0) is 9.84 Å². The Labute approximate surface area is 128 Å². The van der Waals surface area contributed by atoms with Crippen LogP contribution in [-0.4, -0.2) is 44.8 Å². The first-order valence-corrected chi connectivity index (χ1v) is 9.55. The fraction of sp³-hybridized carbons (Fsp3) is 0.615. The molecule has 3 N–H and O–H groups in total. The van der Waals surface area contributed by atoms with Crippen molar-refractivity contribution in [2.24, 2.45) is 0 Å². The zero-order valence-corrected chi connectivity index (χ0v) is 13.8. The van der Waals surface area contributed by atoms with Gasteiger partial charge in [0.1, 0.15) is 9.90 Å². The summed E-state index contributed by atoms with van der Waals surface area (Å²) in [6, 6.07) is 0. The molecule has 0 bridgehead atoms. The predicted octanol–water partition coefficient (Wildman–Crippen LogP) is 1.29. The van der Waals surface area contributed by atoms with Gasteiger partial charge in [0, 0.05) is 25.8 Å². The molecule has 2 rings (SSSR count). The number of sulfone groups is 1. The predicted molar refractivity (Wildman–Crippen MR) is 83.9 cm³/mol. The minimum absolute atomic E-state index is 0.0562. The van der Waals surface area contributed by atoms with Crippen molar-refractivity contribution in [1.29, 1.82) is 0 Å². The summed E-state index contributed by atoms with van der Waals surface area (Å²) in [5.41, 5.74) is 6.00. The number of nitrogen functional groups attached to an aromatic ring is 1. The van der Waals surface area contributed by atoms with E-state index >= 15 is 0 Å². The molecule has 0 aromatic carbocycles. The zero-order valence-electron chi connectivity index (χ0n) is 12.1. The average molecular weight is 332 g/mol. The van der Waals surface area contributed by atoms with Crippen LogP contribution in [0.15, 0.2) is 4.90 Å². The maximum absolute atomic E-state index is 12.0. The van der Waals surface area contributed by atoms with Gasteiger partial charge in [-0.05, 0) is 12.8 Å². The number of hydrogen-bond donors (Lipinski definition) is 2. The van der Waals surface area contributed by atoms with E-state index in [0.29, 0.717) is 35.8 Å². The van der Waals surface area contributed by atoms with Crippen LogP contribution >= 0.6 is 11.3 Å². The number of ketones is 1. The van der Waals surface area contributed by atoms with Crippen LogP contribution in [0.1, 0.15) is 35.9 Å². The number of aliphatic hydroxyl groups excluding tert-OH is 1. The molecule has 2 heterocycles. The van der Waals surface area contributed by atoms with Gasteiger partial charge in [0.15, 0.2) is 15.6 Å². The molecule has 0 atom stereocenters. The molecule has 1 aliphatic rings. The highest BCUT2D eigenvalue weighted by Crippen LogP contribution is 2.42. The van der Waals surface area contributed by atoms with Gasteiger partial charge in [-0.1, -0.05) is 6.92 Å². The second kappa shape index (κ2) is 5.94. The number of carbonyl (C=O) groups excluding carboxylic acids is 1. The summed E-state index contributed by atoms with van der Waals surface area (Å²) >= 11 is 1.14. The van der Waals surface area contributed by atoms with Crippen LogP contribution in [0.25, 0.3) is 0 Å². The normalized spacial score (nSPS) is 17.2. The SMILES string of the molecule is CCC(=O)c1sc(N2CCC(O)CC2)c(S(C)(=O)=O)c1N. The van der Waals surface area contributed by atoms with Gasteiger partial charge in [-0.15, -0.1) is 11.3 Å². The van der Waals surface area contributed by atoms with E-state index in [1.54, 1.807) is 6.92 Å². The van der Waals surface area contributed by atoms with Gasteiger partial charge in [0.2, 0.25) is 0 Å². The Hall–Kier alpha value is -1.12. The van der Waals surface area contributed by atoms with Gasteiger partial charge in [-0.2, -0.15) is 0 Å². The Morgan fingerprint density at radius 1 is 1.43 bits per heavy atom. The van der Waals surface area contributed by atoms with E-state index in [2.05, 4.69) is 0 Å². The van der Waals surface area contributed by atoms with Crippen molar-refractivity contribution in [2.75, 3.05) is 30.0 Å². The number of Topliss-reactive ketones (excluding diaryl/α,β-unsaturated/α-hetero) is 1. The van der Waals surface area contributed by atoms with Crippen molar-refractivity contribution in [3.05, 3.63) is 4.88 Å². The Kier molecular flexibility index (Phi) is 4.60. The number of nitrogens with two attached hydrogens (primary N) is 1. The van der Waals surface area contributed by atoms with E-state index < -0.39 is 9.84 Å². The van der Waals surface area contributed by atoms with Gasteiger partial charge in [0.05, 0.1) is 16.7 Å². The largest absolute Gasteiger partial charge is 0.396 e. The van der Waals surface area contributed by atoms with Crippen molar-refractivity contribution in [3.8, 4) is 0 Å². The fourth-order valence-corrected chi connectivity index (χ4v) is 5.19. The lowest BCUT2D eigenvalue weighted by atomic mass is 10.1. The summed E-state index contributed by atoms with van der Waals surface area (Å²) in [4.78, 5) is 14.2. The molecule has 1 aliphatic heterocycles. The van der Waals surface area contributed by atoms with Crippen molar-refractivity contribution in [2.45, 2.75) is 37.2 Å². The smallest absolute Gasteiger partial charge is 0.180 e. The van der Waals surface area contributed by atoms with Gasteiger partial charge < -0.3 is 15.7 Å². The lowest BCUT2D eigenvalue weighted by Gasteiger charge is -2.30. The molecule has 0 spiro atoms. The number of aliphatic hydroxyl groups is 1. The second-order valence-corrected chi connectivity index (χ2v) is 8.20. The van der Waals surface area contributed by atoms with Crippen LogP contribution in [0.2, 0.25) is 0 Å². The van der Waals surface area contributed by atoms with Gasteiger partial charge in [0.25, 0.3) is 0 Å². The van der Waals surface area contributed by atoms with Crippen LogP contribution in [0.3, 0.4) is 0 Å². The van der Waals surface area contributed by atoms with Gasteiger partial charge in [-0.25, -0.2) is 8.42 Å². The molecule has 1 aromatic rings. The standard InChI is InChI=1S/C13H20N2O4S2/c1-3-9(17)11-10(14)12(21(2,18)19)13(20-11)15-6-4-8(16)5-7-15/h8,16H,3-7,14H2,1-2H3. The summed E-state index contributed by atoms with van der Waals surface area (Å²) in [6.45, 7) is 2.84. The van der Waals surface area contributed by atoms with Gasteiger partial charge in [-0.3, -0.25) is 4.79 Å². The molecule has 0 aliphatic carbocycles. The Morgan fingerprint density at radius 2 is 2.00 bits per heavy atom. The molecule has 0 unspecified atom stereocenters. The third kappa shape index (κ3) is 3.22. The first kappa shape index (κ1) is 16.3. The quantitative estimate of drug-likeness (QED) is 0.806. The minimum Gasteiger partial charge on any atom is -0.396 e. The first-order chi connectivity index (χ1) is 9.75. The van der Waals surface area contributed by atoms with E-state index in [-0.39, 0.29) is 28.9 Å². The number of rotatable bonds is 4. The highest BCUT2D eigenvalue weighted by atomic mass is 32.2. The number of carbonyl (C=O) groups is 1. The van der Waals surface area contributed by atoms with E-state index in [1.807, 2.05) is 4.90 Å². The van der Waals surface area contributed by atoms with Crippen LogP contribution in [0.4, 0.5) is 10.7 Å². The fourth-order valence-electron chi connectivity index (χ4n) is 2.42. The Balaban J connectivity index is 2.51. The zero-order chi connectivity index (χ0) is 15.8. The Morgan fingerprint density at radius 3 is 2.48 bits per heavy atom. The van der Waals surface area contributed by atoms with Gasteiger partial charge >= 0.3 is 0 Å². The molecule has 21 heavy (non-hydrogen) atoms. The molecule has 118 valence electrons. The molecule has 6 nitrogen and oxygen atoms in total. The highest BCUT2D eigenvalue weighted by molar-refractivity contribution is 7.91. The third-order valence-corrected chi connectivity index (χ3v) is 6.17. The Bertz CT molecular complexity index is 643. The molecular weight excluding hydrogens is 312 g/mol. The number of anilines is 2. The van der Waals surface area contributed by atoms with Crippen LogP contribution in [0.5, 0.6) is 0 Å². The summed E-state index contributed by atoms with van der Waals surface area (Å²) in [7, 11) is -3.52. The van der Waals surface area contributed by atoms with Crippen molar-refractivity contribution < 1.29 is 18.3 Å². The second-order valence-electron chi connectivity index (χ2n) is 5.25. The molecule has 0 saturated carbocycles. The number of hydrogen-bond acceptors (Lipinski definition) is 7.